The van der Waals surface area contributed by atoms with E-state index < -0.39 is 11.3 Å². The van der Waals surface area contributed by atoms with Crippen molar-refractivity contribution in [2.75, 3.05) is 21.0 Å². The number of Topliss-reactive ketones (excluding diaryl/α,β-unsaturated/α-hetero) is 2. The van der Waals surface area contributed by atoms with E-state index in [4.69, 9.17) is 18.9 Å². The second kappa shape index (κ2) is 6.15. The number of hydrogen-bond acceptors (Lipinski definition) is 6. The van der Waals surface area contributed by atoms with Crippen molar-refractivity contribution in [2.24, 2.45) is 17.3 Å². The molecule has 1 fully saturated rings. The summed E-state index contributed by atoms with van der Waals surface area (Å²) in [6.07, 6.45) is 3.89. The minimum Gasteiger partial charge on any atom is -0.493 e. The van der Waals surface area contributed by atoms with E-state index in [0.29, 0.717) is 23.7 Å². The molecule has 0 unspecified atom stereocenters. The van der Waals surface area contributed by atoms with Crippen LogP contribution in [-0.4, -0.2) is 32.6 Å². The van der Waals surface area contributed by atoms with Crippen LogP contribution in [-0.2, 0) is 14.3 Å². The molecule has 1 aromatic rings. The molecule has 0 amide bonds. The van der Waals surface area contributed by atoms with Crippen LogP contribution in [0.2, 0.25) is 0 Å². The first-order valence-corrected chi connectivity index (χ1v) is 8.92. The fourth-order valence-electron chi connectivity index (χ4n) is 4.80. The van der Waals surface area contributed by atoms with Gasteiger partial charge in [-0.1, -0.05) is 13.0 Å². The van der Waals surface area contributed by atoms with Crippen LogP contribution in [0, 0.1) is 17.3 Å². The molecule has 1 aliphatic heterocycles. The van der Waals surface area contributed by atoms with Crippen molar-refractivity contribution < 1.29 is 28.5 Å². The van der Waals surface area contributed by atoms with Crippen molar-refractivity contribution in [3.63, 3.8) is 0 Å². The molecular weight excluding hydrogens is 348 g/mol. The lowest BCUT2D eigenvalue weighted by Gasteiger charge is -2.31. The molecule has 1 aromatic carbocycles. The lowest BCUT2D eigenvalue weighted by Crippen LogP contribution is -2.38. The van der Waals surface area contributed by atoms with Crippen molar-refractivity contribution in [1.29, 1.82) is 0 Å². The van der Waals surface area contributed by atoms with Gasteiger partial charge in [0, 0.05) is 5.92 Å². The minimum absolute atomic E-state index is 0.0673. The van der Waals surface area contributed by atoms with Crippen molar-refractivity contribution >= 4 is 11.6 Å². The van der Waals surface area contributed by atoms with Crippen LogP contribution in [0.1, 0.15) is 24.8 Å². The van der Waals surface area contributed by atoms with E-state index in [1.165, 1.54) is 7.11 Å². The second-order valence-corrected chi connectivity index (χ2v) is 7.22. The first-order chi connectivity index (χ1) is 13.0. The number of methoxy groups -OCH3 is 2. The molecule has 27 heavy (non-hydrogen) atoms. The number of benzene rings is 1. The van der Waals surface area contributed by atoms with Crippen LogP contribution in [0.4, 0.5) is 0 Å². The highest BCUT2D eigenvalue weighted by Gasteiger charge is 2.62. The summed E-state index contributed by atoms with van der Waals surface area (Å²) in [6.45, 7) is 5.94. The number of allylic oxidation sites excluding steroid dienone is 3. The Bertz CT molecular complexity index is 870. The van der Waals surface area contributed by atoms with Crippen LogP contribution in [0.15, 0.2) is 36.6 Å². The Hall–Kier alpha value is -2.76. The monoisotopic (exact) mass is 370 g/mol. The predicted octanol–water partition coefficient (Wildman–Crippen LogP) is 3.02. The van der Waals surface area contributed by atoms with Gasteiger partial charge in [-0.2, -0.15) is 0 Å². The molecule has 1 heterocycles. The molecule has 0 radical (unpaired) electrons. The van der Waals surface area contributed by atoms with Crippen LogP contribution in [0.25, 0.3) is 0 Å². The van der Waals surface area contributed by atoms with Crippen molar-refractivity contribution in [2.45, 2.75) is 19.3 Å². The molecule has 0 N–H and O–H groups in total. The summed E-state index contributed by atoms with van der Waals surface area (Å²) in [6, 6.07) is 3.69. The van der Waals surface area contributed by atoms with Gasteiger partial charge in [0.25, 0.3) is 0 Å². The number of carbonyl (C=O) groups is 2. The van der Waals surface area contributed by atoms with Crippen molar-refractivity contribution in [3.8, 4) is 17.2 Å². The topological polar surface area (TPSA) is 71.1 Å². The number of hydrogen-bond donors (Lipinski definition) is 0. The Balaban J connectivity index is 1.87. The van der Waals surface area contributed by atoms with Gasteiger partial charge in [-0.05, 0) is 36.1 Å². The van der Waals surface area contributed by atoms with Crippen LogP contribution >= 0.6 is 0 Å². The van der Waals surface area contributed by atoms with Gasteiger partial charge in [0.05, 0.1) is 25.6 Å². The summed E-state index contributed by atoms with van der Waals surface area (Å²) in [7, 11) is 3.02. The Morgan fingerprint density at radius 2 is 2.04 bits per heavy atom. The van der Waals surface area contributed by atoms with Gasteiger partial charge in [0.1, 0.15) is 0 Å². The summed E-state index contributed by atoms with van der Waals surface area (Å²) in [4.78, 5) is 26.3. The Morgan fingerprint density at radius 1 is 1.26 bits per heavy atom. The average Bonchev–Trinajstić information content (AvgIpc) is 3.19. The largest absolute Gasteiger partial charge is 0.493 e. The lowest BCUT2D eigenvalue weighted by molar-refractivity contribution is -0.136. The molecule has 4 rings (SSSR count). The first kappa shape index (κ1) is 17.6. The van der Waals surface area contributed by atoms with Gasteiger partial charge in [0.2, 0.25) is 18.3 Å². The third-order valence-corrected chi connectivity index (χ3v) is 6.13. The maximum absolute atomic E-state index is 13.3. The third kappa shape index (κ3) is 2.25. The van der Waals surface area contributed by atoms with E-state index >= 15 is 0 Å². The van der Waals surface area contributed by atoms with Crippen molar-refractivity contribution in [1.82, 2.24) is 0 Å². The zero-order chi connectivity index (χ0) is 19.3. The van der Waals surface area contributed by atoms with E-state index in [9.17, 15) is 9.59 Å². The van der Waals surface area contributed by atoms with Gasteiger partial charge >= 0.3 is 0 Å². The van der Waals surface area contributed by atoms with E-state index in [1.807, 2.05) is 19.1 Å². The first-order valence-electron chi connectivity index (χ1n) is 8.92. The lowest BCUT2D eigenvalue weighted by atomic mass is 9.71. The van der Waals surface area contributed by atoms with E-state index in [1.54, 1.807) is 19.3 Å². The zero-order valence-corrected chi connectivity index (χ0v) is 15.6. The van der Waals surface area contributed by atoms with E-state index in [2.05, 4.69) is 6.58 Å². The van der Waals surface area contributed by atoms with Gasteiger partial charge in [-0.25, -0.2) is 0 Å². The highest BCUT2D eigenvalue weighted by atomic mass is 16.7. The molecule has 4 atom stereocenters. The third-order valence-electron chi connectivity index (χ3n) is 6.13. The predicted molar refractivity (Wildman–Crippen MR) is 96.9 cm³/mol. The zero-order valence-electron chi connectivity index (χ0n) is 15.6. The summed E-state index contributed by atoms with van der Waals surface area (Å²) < 4.78 is 21.7. The number of rotatable bonds is 5. The number of ketones is 2. The average molecular weight is 370 g/mol. The maximum Gasteiger partial charge on any atom is 0.231 e. The van der Waals surface area contributed by atoms with E-state index in [0.717, 1.165) is 5.56 Å². The summed E-state index contributed by atoms with van der Waals surface area (Å²) in [5, 5.41) is 0. The quantitative estimate of drug-likeness (QED) is 0.586. The fourth-order valence-corrected chi connectivity index (χ4v) is 4.80. The number of ether oxygens (including phenoxy) is 4. The number of carbonyl (C=O) groups excluding carboxylic acids is 2. The van der Waals surface area contributed by atoms with Crippen molar-refractivity contribution in [3.05, 3.63) is 42.2 Å². The smallest absolute Gasteiger partial charge is 0.231 e. The Morgan fingerprint density at radius 3 is 2.70 bits per heavy atom. The molecule has 0 aromatic heterocycles. The van der Waals surface area contributed by atoms with Crippen LogP contribution < -0.4 is 14.2 Å². The fraction of sp³-hybridized carbons (Fsp3) is 0.429. The standard InChI is InChI=1S/C21H22O6/c1-5-6-21-9-15(25-4)18(22)17(20(21)23)16(11(21)2)12-7-13(24-3)19-14(8-12)26-10-27-19/h5,7-9,11,16-17H,1,6,10H2,2-4H3/t11-,16+,17-,21-/m1/s1. The molecule has 6 heteroatoms. The van der Waals surface area contributed by atoms with Crippen LogP contribution in [0.3, 0.4) is 0 Å². The highest BCUT2D eigenvalue weighted by molar-refractivity contribution is 6.17. The molecule has 1 saturated carbocycles. The SMILES string of the molecule is C=CC[C@]12C=C(OC)C(=O)[C@H](C1=O)[C@H](c1cc(OC)c3c(c1)OCO3)[C@H]2C. The van der Waals surface area contributed by atoms with Crippen LogP contribution in [0.5, 0.6) is 17.2 Å². The van der Waals surface area contributed by atoms with E-state index in [-0.39, 0.29) is 36.0 Å². The maximum atomic E-state index is 13.3. The molecular formula is C21H22O6. The molecule has 142 valence electrons. The Labute approximate surface area is 157 Å². The van der Waals surface area contributed by atoms with Gasteiger partial charge in [-0.15, -0.1) is 6.58 Å². The highest BCUT2D eigenvalue weighted by Crippen LogP contribution is 2.59. The summed E-state index contributed by atoms with van der Waals surface area (Å²) in [5.74, 6) is 0.349. The van der Waals surface area contributed by atoms with Gasteiger partial charge < -0.3 is 18.9 Å². The molecule has 2 bridgehead atoms. The molecule has 0 saturated heterocycles. The number of fused-ring (bicyclic) bond motifs is 3. The van der Waals surface area contributed by atoms with Gasteiger partial charge in [-0.3, -0.25) is 9.59 Å². The second-order valence-electron chi connectivity index (χ2n) is 7.22. The summed E-state index contributed by atoms with van der Waals surface area (Å²) in [5.41, 5.74) is 0.0342. The molecule has 3 aliphatic rings. The normalized spacial score (nSPS) is 30.9. The molecule has 0 spiro atoms. The van der Waals surface area contributed by atoms with Gasteiger partial charge in [0.15, 0.2) is 23.0 Å². The minimum atomic E-state index is -0.792. The Kier molecular flexibility index (Phi) is 4.02. The molecule has 2 aliphatic carbocycles. The molecule has 6 nitrogen and oxygen atoms in total. The summed E-state index contributed by atoms with van der Waals surface area (Å²) >= 11 is 0.